The predicted molar refractivity (Wildman–Crippen MR) is 53.3 cm³/mol. The van der Waals surface area contributed by atoms with Gasteiger partial charge in [-0.05, 0) is 27.2 Å². The molecule has 0 fully saturated rings. The molecule has 0 saturated heterocycles. The molecule has 76 valence electrons. The van der Waals surface area contributed by atoms with Gasteiger partial charge in [-0.3, -0.25) is 0 Å². The Labute approximate surface area is 79.9 Å². The van der Waals surface area contributed by atoms with Gasteiger partial charge in [0, 0.05) is 11.6 Å². The Morgan fingerprint density at radius 2 is 2.08 bits per heavy atom. The lowest BCUT2D eigenvalue weighted by molar-refractivity contribution is -0.153. The summed E-state index contributed by atoms with van der Waals surface area (Å²) in [6.45, 7) is 10.7. The normalized spacial score (nSPS) is 13.6. The minimum absolute atomic E-state index is 0.143. The van der Waals surface area contributed by atoms with Crippen molar-refractivity contribution in [2.24, 2.45) is 5.73 Å². The van der Waals surface area contributed by atoms with Crippen molar-refractivity contribution >= 4 is 5.97 Å². The van der Waals surface area contributed by atoms with Gasteiger partial charge in [0.1, 0.15) is 5.60 Å². The molecule has 0 rings (SSSR count). The summed E-state index contributed by atoms with van der Waals surface area (Å²) in [5.74, 6) is -0.381. The second-order valence-corrected chi connectivity index (χ2v) is 3.79. The minimum atomic E-state index is -0.620. The zero-order valence-corrected chi connectivity index (χ0v) is 8.89. The molecular formula is C10H19NO2. The standard InChI is InChI=1S/C10H19NO2/c1-6-8(11)10(4,5)13-9(12)7(2)3/h8H,2,6,11H2,1,3-5H3. The maximum absolute atomic E-state index is 11.2. The van der Waals surface area contributed by atoms with Crippen LogP contribution in [-0.4, -0.2) is 17.6 Å². The van der Waals surface area contributed by atoms with Gasteiger partial charge in [-0.25, -0.2) is 4.79 Å². The maximum Gasteiger partial charge on any atom is 0.333 e. The van der Waals surface area contributed by atoms with Gasteiger partial charge in [-0.2, -0.15) is 0 Å². The molecule has 3 nitrogen and oxygen atoms in total. The van der Waals surface area contributed by atoms with Gasteiger partial charge >= 0.3 is 5.97 Å². The molecule has 0 spiro atoms. The molecule has 0 aliphatic heterocycles. The highest BCUT2D eigenvalue weighted by Gasteiger charge is 2.29. The van der Waals surface area contributed by atoms with Gasteiger partial charge in [-0.15, -0.1) is 0 Å². The van der Waals surface area contributed by atoms with E-state index >= 15 is 0 Å². The Bertz CT molecular complexity index is 209. The van der Waals surface area contributed by atoms with Crippen molar-refractivity contribution in [2.45, 2.75) is 45.8 Å². The molecule has 3 heteroatoms. The third-order valence-electron chi connectivity index (χ3n) is 2.04. The van der Waals surface area contributed by atoms with E-state index in [1.807, 2.05) is 20.8 Å². The number of hydrogen-bond donors (Lipinski definition) is 1. The first-order valence-electron chi connectivity index (χ1n) is 4.45. The van der Waals surface area contributed by atoms with Crippen LogP contribution in [-0.2, 0) is 9.53 Å². The highest BCUT2D eigenvalue weighted by Crippen LogP contribution is 2.17. The number of carbonyl (C=O) groups is 1. The highest BCUT2D eigenvalue weighted by atomic mass is 16.6. The molecule has 1 unspecified atom stereocenters. The van der Waals surface area contributed by atoms with Crippen LogP contribution >= 0.6 is 0 Å². The number of rotatable bonds is 4. The molecule has 0 aromatic rings. The van der Waals surface area contributed by atoms with E-state index in [-0.39, 0.29) is 12.0 Å². The zero-order valence-electron chi connectivity index (χ0n) is 8.89. The van der Waals surface area contributed by atoms with Crippen LogP contribution in [0.5, 0.6) is 0 Å². The molecular weight excluding hydrogens is 166 g/mol. The first-order chi connectivity index (χ1) is 5.81. The summed E-state index contributed by atoms with van der Waals surface area (Å²) >= 11 is 0. The van der Waals surface area contributed by atoms with Crippen LogP contribution in [0.3, 0.4) is 0 Å². The Hall–Kier alpha value is -0.830. The van der Waals surface area contributed by atoms with Crippen LogP contribution in [0.25, 0.3) is 0 Å². The molecule has 0 saturated carbocycles. The quantitative estimate of drug-likeness (QED) is 0.535. The first kappa shape index (κ1) is 12.2. The Balaban J connectivity index is 4.33. The van der Waals surface area contributed by atoms with Crippen LogP contribution in [0.15, 0.2) is 12.2 Å². The number of hydrogen-bond acceptors (Lipinski definition) is 3. The molecule has 0 aliphatic carbocycles. The van der Waals surface area contributed by atoms with Crippen LogP contribution < -0.4 is 5.73 Å². The predicted octanol–water partition coefficient (Wildman–Crippen LogP) is 1.62. The fourth-order valence-corrected chi connectivity index (χ4v) is 0.893. The van der Waals surface area contributed by atoms with Crippen LogP contribution in [0, 0.1) is 0 Å². The molecule has 0 heterocycles. The zero-order chi connectivity index (χ0) is 10.6. The van der Waals surface area contributed by atoms with E-state index in [0.717, 1.165) is 6.42 Å². The van der Waals surface area contributed by atoms with Gasteiger partial charge in [0.2, 0.25) is 0 Å². The third-order valence-corrected chi connectivity index (χ3v) is 2.04. The molecule has 0 bridgehead atoms. The second-order valence-electron chi connectivity index (χ2n) is 3.79. The van der Waals surface area contributed by atoms with Crippen molar-refractivity contribution in [3.05, 3.63) is 12.2 Å². The summed E-state index contributed by atoms with van der Waals surface area (Å²) in [5.41, 5.74) is 5.57. The first-order valence-corrected chi connectivity index (χ1v) is 4.45. The van der Waals surface area contributed by atoms with E-state index in [9.17, 15) is 4.79 Å². The topological polar surface area (TPSA) is 52.3 Å². The number of ether oxygens (including phenoxy) is 1. The summed E-state index contributed by atoms with van der Waals surface area (Å²) in [7, 11) is 0. The molecule has 1 atom stereocenters. The maximum atomic E-state index is 11.2. The lowest BCUT2D eigenvalue weighted by atomic mass is 9.97. The molecule has 0 aliphatic rings. The smallest absolute Gasteiger partial charge is 0.333 e. The number of esters is 1. The van der Waals surface area contributed by atoms with E-state index in [4.69, 9.17) is 10.5 Å². The fourth-order valence-electron chi connectivity index (χ4n) is 0.893. The van der Waals surface area contributed by atoms with E-state index in [0.29, 0.717) is 5.57 Å². The van der Waals surface area contributed by atoms with Gasteiger partial charge in [0.15, 0.2) is 0 Å². The summed E-state index contributed by atoms with van der Waals surface area (Å²) in [4.78, 5) is 11.2. The average Bonchev–Trinajstić information content (AvgIpc) is 2.01. The van der Waals surface area contributed by atoms with Gasteiger partial charge in [0.05, 0.1) is 0 Å². The summed E-state index contributed by atoms with van der Waals surface area (Å²) in [6.07, 6.45) is 0.774. The van der Waals surface area contributed by atoms with Crippen LogP contribution in [0.1, 0.15) is 34.1 Å². The van der Waals surface area contributed by atoms with E-state index < -0.39 is 5.60 Å². The Morgan fingerprint density at radius 1 is 1.62 bits per heavy atom. The van der Waals surface area contributed by atoms with Crippen molar-refractivity contribution in [3.63, 3.8) is 0 Å². The largest absolute Gasteiger partial charge is 0.455 e. The summed E-state index contributed by atoms with van der Waals surface area (Å²) in [5, 5.41) is 0. The highest BCUT2D eigenvalue weighted by molar-refractivity contribution is 5.87. The van der Waals surface area contributed by atoms with Gasteiger partial charge < -0.3 is 10.5 Å². The van der Waals surface area contributed by atoms with Crippen LogP contribution in [0.2, 0.25) is 0 Å². The summed E-state index contributed by atoms with van der Waals surface area (Å²) < 4.78 is 5.19. The number of nitrogens with two attached hydrogens (primary N) is 1. The van der Waals surface area contributed by atoms with Crippen molar-refractivity contribution < 1.29 is 9.53 Å². The van der Waals surface area contributed by atoms with Gasteiger partial charge in [0.25, 0.3) is 0 Å². The molecule has 0 aromatic carbocycles. The molecule has 0 radical (unpaired) electrons. The minimum Gasteiger partial charge on any atom is -0.455 e. The van der Waals surface area contributed by atoms with Gasteiger partial charge in [-0.1, -0.05) is 13.5 Å². The monoisotopic (exact) mass is 185 g/mol. The Morgan fingerprint density at radius 3 is 2.38 bits per heavy atom. The molecule has 0 aromatic heterocycles. The van der Waals surface area contributed by atoms with E-state index in [1.165, 1.54) is 0 Å². The summed E-state index contributed by atoms with van der Waals surface area (Å²) in [6, 6.07) is -0.143. The lowest BCUT2D eigenvalue weighted by Crippen LogP contribution is -2.46. The van der Waals surface area contributed by atoms with E-state index in [2.05, 4.69) is 6.58 Å². The molecule has 2 N–H and O–H groups in total. The van der Waals surface area contributed by atoms with Crippen molar-refractivity contribution in [2.75, 3.05) is 0 Å². The molecule has 13 heavy (non-hydrogen) atoms. The lowest BCUT2D eigenvalue weighted by Gasteiger charge is -2.30. The SMILES string of the molecule is C=C(C)C(=O)OC(C)(C)C(N)CC. The fraction of sp³-hybridized carbons (Fsp3) is 0.700. The van der Waals surface area contributed by atoms with E-state index in [1.54, 1.807) is 6.92 Å². The average molecular weight is 185 g/mol. The molecule has 0 amide bonds. The van der Waals surface area contributed by atoms with Crippen LogP contribution in [0.4, 0.5) is 0 Å². The van der Waals surface area contributed by atoms with Crippen molar-refractivity contribution in [1.29, 1.82) is 0 Å². The third kappa shape index (κ3) is 3.59. The van der Waals surface area contributed by atoms with Crippen molar-refractivity contribution in [3.8, 4) is 0 Å². The van der Waals surface area contributed by atoms with Crippen molar-refractivity contribution in [1.82, 2.24) is 0 Å². The Kier molecular flexibility index (Phi) is 4.14. The number of carbonyl (C=O) groups excluding carboxylic acids is 1. The second kappa shape index (κ2) is 4.42.